The molecule has 0 radical (unpaired) electrons. The van der Waals surface area contributed by atoms with E-state index in [2.05, 4.69) is 5.32 Å². The van der Waals surface area contributed by atoms with Crippen molar-refractivity contribution >= 4 is 50.9 Å². The zero-order chi connectivity index (χ0) is 26.3. The highest BCUT2D eigenvalue weighted by molar-refractivity contribution is 7.90. The standard InChI is InChI=1S/C24H32Cl2N4O4S/c1-6-22(24(32)27-17(2)3)29(15-19-20(25)13-10-14-21(19)26)23(31)16-30(35(33,34)28(4)5)18-11-8-7-9-12-18/h7-14,17,22H,6,15-16H2,1-5H3,(H,27,32). The molecule has 0 saturated carbocycles. The third-order valence-corrected chi connectivity index (χ3v) is 7.80. The van der Waals surface area contributed by atoms with Gasteiger partial charge in [0.05, 0.1) is 5.69 Å². The maximum atomic E-state index is 13.7. The SMILES string of the molecule is CCC(C(=O)NC(C)C)N(Cc1c(Cl)cccc1Cl)C(=O)CN(c1ccccc1)S(=O)(=O)N(C)C. The van der Waals surface area contributed by atoms with Gasteiger partial charge in [-0.2, -0.15) is 12.7 Å². The van der Waals surface area contributed by atoms with Crippen LogP contribution in [-0.4, -0.2) is 62.2 Å². The Morgan fingerprint density at radius 3 is 2.03 bits per heavy atom. The fourth-order valence-corrected chi connectivity index (χ4v) is 5.04. The van der Waals surface area contributed by atoms with Crippen molar-refractivity contribution < 1.29 is 18.0 Å². The van der Waals surface area contributed by atoms with Gasteiger partial charge in [0.25, 0.3) is 0 Å². The minimum absolute atomic E-state index is 0.0635. The number of hydrogen-bond donors (Lipinski definition) is 1. The number of amides is 2. The maximum Gasteiger partial charge on any atom is 0.304 e. The molecule has 0 fully saturated rings. The van der Waals surface area contributed by atoms with Gasteiger partial charge in [-0.15, -0.1) is 0 Å². The number of para-hydroxylation sites is 1. The van der Waals surface area contributed by atoms with E-state index in [1.54, 1.807) is 55.5 Å². The molecule has 35 heavy (non-hydrogen) atoms. The van der Waals surface area contributed by atoms with Crippen LogP contribution in [0.2, 0.25) is 10.0 Å². The van der Waals surface area contributed by atoms with E-state index in [0.717, 1.165) is 8.61 Å². The van der Waals surface area contributed by atoms with Gasteiger partial charge in [0.1, 0.15) is 12.6 Å². The first-order valence-electron chi connectivity index (χ1n) is 11.2. The van der Waals surface area contributed by atoms with Crippen molar-refractivity contribution in [2.45, 2.75) is 45.8 Å². The third kappa shape index (κ3) is 7.33. The number of rotatable bonds is 11. The number of nitrogens with zero attached hydrogens (tertiary/aromatic N) is 3. The van der Waals surface area contributed by atoms with Crippen LogP contribution in [0.15, 0.2) is 48.5 Å². The number of anilines is 1. The molecule has 1 atom stereocenters. The summed E-state index contributed by atoms with van der Waals surface area (Å²) in [7, 11) is -1.23. The van der Waals surface area contributed by atoms with E-state index >= 15 is 0 Å². The molecule has 0 aliphatic carbocycles. The Kier molecular flexibility index (Phi) is 10.4. The van der Waals surface area contributed by atoms with E-state index in [1.165, 1.54) is 19.0 Å². The van der Waals surface area contributed by atoms with E-state index in [9.17, 15) is 18.0 Å². The molecule has 192 valence electrons. The number of carbonyl (C=O) groups excluding carboxylic acids is 2. The highest BCUT2D eigenvalue weighted by atomic mass is 35.5. The van der Waals surface area contributed by atoms with Crippen molar-refractivity contribution in [2.24, 2.45) is 0 Å². The average Bonchev–Trinajstić information content (AvgIpc) is 2.78. The summed E-state index contributed by atoms with van der Waals surface area (Å²) in [4.78, 5) is 28.1. The fourth-order valence-electron chi connectivity index (χ4n) is 3.47. The van der Waals surface area contributed by atoms with Crippen LogP contribution < -0.4 is 9.62 Å². The summed E-state index contributed by atoms with van der Waals surface area (Å²) in [6.45, 7) is 4.85. The Labute approximate surface area is 218 Å². The highest BCUT2D eigenvalue weighted by Crippen LogP contribution is 2.28. The number of carbonyl (C=O) groups is 2. The van der Waals surface area contributed by atoms with E-state index in [4.69, 9.17) is 23.2 Å². The second-order valence-corrected chi connectivity index (χ2v) is 11.3. The molecule has 2 rings (SSSR count). The Morgan fingerprint density at radius 2 is 1.54 bits per heavy atom. The first-order valence-corrected chi connectivity index (χ1v) is 13.3. The van der Waals surface area contributed by atoms with E-state index in [0.29, 0.717) is 27.7 Å². The molecule has 2 aromatic carbocycles. The van der Waals surface area contributed by atoms with Gasteiger partial charge in [0, 0.05) is 42.3 Å². The van der Waals surface area contributed by atoms with Crippen LogP contribution in [-0.2, 0) is 26.3 Å². The second kappa shape index (κ2) is 12.6. The lowest BCUT2D eigenvalue weighted by molar-refractivity contribution is -0.140. The molecular weight excluding hydrogens is 511 g/mol. The van der Waals surface area contributed by atoms with Crippen LogP contribution >= 0.6 is 23.2 Å². The number of nitrogens with one attached hydrogen (secondary N) is 1. The van der Waals surface area contributed by atoms with Crippen molar-refractivity contribution in [2.75, 3.05) is 24.9 Å². The first kappa shape index (κ1) is 28.9. The Morgan fingerprint density at radius 1 is 0.971 bits per heavy atom. The molecule has 0 saturated heterocycles. The van der Waals surface area contributed by atoms with Crippen molar-refractivity contribution in [3.05, 3.63) is 64.1 Å². The summed E-state index contributed by atoms with van der Waals surface area (Å²) in [5.41, 5.74) is 0.798. The summed E-state index contributed by atoms with van der Waals surface area (Å²) in [6, 6.07) is 12.3. The molecular formula is C24H32Cl2N4O4S. The molecule has 2 amide bonds. The maximum absolute atomic E-state index is 13.7. The van der Waals surface area contributed by atoms with Crippen LogP contribution in [0.1, 0.15) is 32.8 Å². The highest BCUT2D eigenvalue weighted by Gasteiger charge is 2.34. The van der Waals surface area contributed by atoms with Gasteiger partial charge in [-0.05, 0) is 44.5 Å². The number of halogens is 2. The van der Waals surface area contributed by atoms with E-state index in [1.807, 2.05) is 13.8 Å². The molecule has 0 aliphatic rings. The quantitative estimate of drug-likeness (QED) is 0.465. The zero-order valence-corrected chi connectivity index (χ0v) is 22.9. The zero-order valence-electron chi connectivity index (χ0n) is 20.5. The molecule has 0 spiro atoms. The van der Waals surface area contributed by atoms with Gasteiger partial charge in [-0.1, -0.05) is 54.4 Å². The largest absolute Gasteiger partial charge is 0.352 e. The normalized spacial score (nSPS) is 12.5. The van der Waals surface area contributed by atoms with Crippen molar-refractivity contribution in [1.82, 2.24) is 14.5 Å². The number of benzene rings is 2. The summed E-state index contributed by atoms with van der Waals surface area (Å²) < 4.78 is 28.3. The van der Waals surface area contributed by atoms with Gasteiger partial charge >= 0.3 is 10.2 Å². The average molecular weight is 544 g/mol. The summed E-state index contributed by atoms with van der Waals surface area (Å²) in [6.07, 6.45) is 0.304. The molecule has 0 heterocycles. The van der Waals surface area contributed by atoms with Crippen LogP contribution in [0.4, 0.5) is 5.69 Å². The predicted octanol–water partition coefficient (Wildman–Crippen LogP) is 3.94. The predicted molar refractivity (Wildman–Crippen MR) is 141 cm³/mol. The minimum atomic E-state index is -4.01. The van der Waals surface area contributed by atoms with Crippen LogP contribution in [0.3, 0.4) is 0 Å². The fraction of sp³-hybridized carbons (Fsp3) is 0.417. The van der Waals surface area contributed by atoms with Crippen LogP contribution in [0, 0.1) is 0 Å². The summed E-state index contributed by atoms with van der Waals surface area (Å²) >= 11 is 12.7. The van der Waals surface area contributed by atoms with Gasteiger partial charge in [0.2, 0.25) is 11.8 Å². The van der Waals surface area contributed by atoms with Crippen LogP contribution in [0.25, 0.3) is 0 Å². The molecule has 0 aromatic heterocycles. The number of hydrogen-bond acceptors (Lipinski definition) is 4. The topological polar surface area (TPSA) is 90.0 Å². The molecule has 0 bridgehead atoms. The van der Waals surface area contributed by atoms with E-state index in [-0.39, 0.29) is 18.5 Å². The van der Waals surface area contributed by atoms with Crippen LogP contribution in [0.5, 0.6) is 0 Å². The minimum Gasteiger partial charge on any atom is -0.352 e. The molecule has 1 unspecified atom stereocenters. The Balaban J connectivity index is 2.54. The van der Waals surface area contributed by atoms with Gasteiger partial charge in [-0.25, -0.2) is 4.31 Å². The second-order valence-electron chi connectivity index (χ2n) is 8.44. The Hall–Kier alpha value is -2.33. The van der Waals surface area contributed by atoms with Gasteiger partial charge < -0.3 is 10.2 Å². The van der Waals surface area contributed by atoms with E-state index < -0.39 is 28.7 Å². The lowest BCUT2D eigenvalue weighted by Crippen LogP contribution is -2.54. The van der Waals surface area contributed by atoms with Crippen molar-refractivity contribution in [1.29, 1.82) is 0 Å². The summed E-state index contributed by atoms with van der Waals surface area (Å²) in [5.74, 6) is -0.915. The molecule has 8 nitrogen and oxygen atoms in total. The van der Waals surface area contributed by atoms with Crippen molar-refractivity contribution in [3.63, 3.8) is 0 Å². The Bertz CT molecular complexity index is 1110. The lowest BCUT2D eigenvalue weighted by Gasteiger charge is -2.34. The third-order valence-electron chi connectivity index (χ3n) is 5.27. The monoisotopic (exact) mass is 542 g/mol. The lowest BCUT2D eigenvalue weighted by atomic mass is 10.1. The molecule has 11 heteroatoms. The molecule has 2 aromatic rings. The smallest absolute Gasteiger partial charge is 0.304 e. The molecule has 1 N–H and O–H groups in total. The first-order chi connectivity index (χ1) is 16.4. The van der Waals surface area contributed by atoms with Gasteiger partial charge in [0.15, 0.2) is 0 Å². The van der Waals surface area contributed by atoms with Crippen molar-refractivity contribution in [3.8, 4) is 0 Å². The van der Waals surface area contributed by atoms with Gasteiger partial charge in [-0.3, -0.25) is 9.59 Å². The molecule has 0 aliphatic heterocycles. The summed E-state index contributed by atoms with van der Waals surface area (Å²) in [5, 5.41) is 3.52.